The highest BCUT2D eigenvalue weighted by Gasteiger charge is 2.08. The Morgan fingerprint density at radius 2 is 2.44 bits per heavy atom. The van der Waals surface area contributed by atoms with Crippen LogP contribution in [0.2, 0.25) is 0 Å². The normalized spacial score (nSPS) is 21.2. The van der Waals surface area contributed by atoms with E-state index in [2.05, 4.69) is 23.5 Å². The number of nitrogens with one attached hydrogen (secondary N) is 1. The number of benzene rings is 1. The van der Waals surface area contributed by atoms with Gasteiger partial charge >= 0.3 is 0 Å². The van der Waals surface area contributed by atoms with Crippen molar-refractivity contribution in [2.45, 2.75) is 6.04 Å². The summed E-state index contributed by atoms with van der Waals surface area (Å²) in [6, 6.07) is 8.32. The van der Waals surface area contributed by atoms with Crippen LogP contribution in [-0.2, 0) is 4.74 Å². The van der Waals surface area contributed by atoms with Crippen LogP contribution < -0.4 is 10.1 Å². The molecule has 0 saturated carbocycles. The Bertz CT molecular complexity index is 357. The van der Waals surface area contributed by atoms with E-state index in [1.807, 2.05) is 18.2 Å². The van der Waals surface area contributed by atoms with E-state index in [0.717, 1.165) is 31.1 Å². The maximum absolute atomic E-state index is 5.38. The van der Waals surface area contributed by atoms with Crippen molar-refractivity contribution in [2.24, 2.45) is 0 Å². The third kappa shape index (κ3) is 3.08. The van der Waals surface area contributed by atoms with Crippen molar-refractivity contribution in [2.75, 3.05) is 26.9 Å². The summed E-state index contributed by atoms with van der Waals surface area (Å²) in [6.45, 7) is 2.48. The van der Waals surface area contributed by atoms with Crippen molar-refractivity contribution in [3.63, 3.8) is 0 Å². The quantitative estimate of drug-likeness (QED) is 0.839. The summed E-state index contributed by atoms with van der Waals surface area (Å²) < 4.78 is 10.5. The topological polar surface area (TPSA) is 30.5 Å². The van der Waals surface area contributed by atoms with Crippen LogP contribution in [0.4, 0.5) is 0 Å². The van der Waals surface area contributed by atoms with Crippen LogP contribution in [0.3, 0.4) is 0 Å². The zero-order valence-corrected chi connectivity index (χ0v) is 9.48. The number of hydrogen-bond acceptors (Lipinski definition) is 3. The Morgan fingerprint density at radius 1 is 1.50 bits per heavy atom. The standard InChI is InChI=1S/C13H17NO2/c1-15-13-4-2-3-11(9-13)5-6-12-10-16-8-7-14-12/h2-6,9,12,14H,7-8,10H2,1H3/b6-5+. The lowest BCUT2D eigenvalue weighted by Gasteiger charge is -2.20. The average molecular weight is 219 g/mol. The third-order valence-electron chi connectivity index (χ3n) is 2.57. The molecule has 1 fully saturated rings. The van der Waals surface area contributed by atoms with Gasteiger partial charge in [-0.25, -0.2) is 0 Å². The second-order valence-corrected chi connectivity index (χ2v) is 3.77. The van der Waals surface area contributed by atoms with Crippen molar-refractivity contribution in [3.8, 4) is 5.75 Å². The molecule has 2 rings (SSSR count). The van der Waals surface area contributed by atoms with Crippen LogP contribution >= 0.6 is 0 Å². The Labute approximate surface area is 96.1 Å². The second kappa shape index (κ2) is 5.68. The Hall–Kier alpha value is -1.32. The minimum Gasteiger partial charge on any atom is -0.497 e. The lowest BCUT2D eigenvalue weighted by molar-refractivity contribution is 0.0903. The van der Waals surface area contributed by atoms with Gasteiger partial charge in [-0.05, 0) is 17.7 Å². The summed E-state index contributed by atoms with van der Waals surface area (Å²) in [5, 5.41) is 3.37. The third-order valence-corrected chi connectivity index (χ3v) is 2.57. The van der Waals surface area contributed by atoms with Crippen molar-refractivity contribution in [1.29, 1.82) is 0 Å². The van der Waals surface area contributed by atoms with Crippen molar-refractivity contribution < 1.29 is 9.47 Å². The van der Waals surface area contributed by atoms with Gasteiger partial charge in [-0.15, -0.1) is 0 Å². The molecular weight excluding hydrogens is 202 g/mol. The lowest BCUT2D eigenvalue weighted by Crippen LogP contribution is -2.39. The molecular formula is C13H17NO2. The summed E-state index contributed by atoms with van der Waals surface area (Å²) in [7, 11) is 1.68. The first kappa shape index (κ1) is 11.2. The summed E-state index contributed by atoms with van der Waals surface area (Å²) in [4.78, 5) is 0. The molecule has 1 unspecified atom stereocenters. The molecule has 1 aliphatic rings. The van der Waals surface area contributed by atoms with Gasteiger partial charge in [-0.2, -0.15) is 0 Å². The van der Waals surface area contributed by atoms with E-state index >= 15 is 0 Å². The SMILES string of the molecule is COc1cccc(/C=C/C2COCCN2)c1. The number of ether oxygens (including phenoxy) is 2. The van der Waals surface area contributed by atoms with Gasteiger partial charge in [-0.1, -0.05) is 24.3 Å². The lowest BCUT2D eigenvalue weighted by atomic mass is 10.1. The molecule has 1 aliphatic heterocycles. The molecule has 0 amide bonds. The highest BCUT2D eigenvalue weighted by Crippen LogP contribution is 2.14. The fourth-order valence-electron chi connectivity index (χ4n) is 1.68. The van der Waals surface area contributed by atoms with Gasteiger partial charge in [0.25, 0.3) is 0 Å². The highest BCUT2D eigenvalue weighted by molar-refractivity contribution is 5.52. The Morgan fingerprint density at radius 3 is 3.19 bits per heavy atom. The molecule has 1 N–H and O–H groups in total. The van der Waals surface area contributed by atoms with E-state index in [9.17, 15) is 0 Å². The van der Waals surface area contributed by atoms with Gasteiger partial charge in [-0.3, -0.25) is 0 Å². The molecule has 1 saturated heterocycles. The van der Waals surface area contributed by atoms with Crippen LogP contribution in [0.5, 0.6) is 5.75 Å². The summed E-state index contributed by atoms with van der Waals surface area (Å²) in [5.74, 6) is 0.884. The van der Waals surface area contributed by atoms with E-state index in [4.69, 9.17) is 9.47 Å². The molecule has 0 aliphatic carbocycles. The minimum atomic E-state index is 0.319. The maximum Gasteiger partial charge on any atom is 0.119 e. The molecule has 0 radical (unpaired) electrons. The minimum absolute atomic E-state index is 0.319. The first-order chi connectivity index (χ1) is 7.88. The van der Waals surface area contributed by atoms with Crippen LogP contribution in [-0.4, -0.2) is 32.9 Å². The van der Waals surface area contributed by atoms with Gasteiger partial charge in [0.05, 0.1) is 20.3 Å². The van der Waals surface area contributed by atoms with Crippen LogP contribution in [0.15, 0.2) is 30.3 Å². The molecule has 1 atom stereocenters. The number of rotatable bonds is 3. The molecule has 3 heteroatoms. The molecule has 3 nitrogen and oxygen atoms in total. The average Bonchev–Trinajstić information content (AvgIpc) is 2.38. The van der Waals surface area contributed by atoms with Crippen molar-refractivity contribution >= 4 is 6.08 Å². The Balaban J connectivity index is 1.98. The molecule has 0 bridgehead atoms. The summed E-state index contributed by atoms with van der Waals surface area (Å²) in [5.41, 5.74) is 1.15. The molecule has 1 aromatic rings. The predicted octanol–water partition coefficient (Wildman–Crippen LogP) is 1.70. The zero-order chi connectivity index (χ0) is 11.2. The number of morpholine rings is 1. The van der Waals surface area contributed by atoms with Gasteiger partial charge < -0.3 is 14.8 Å². The monoisotopic (exact) mass is 219 g/mol. The smallest absolute Gasteiger partial charge is 0.119 e. The fourth-order valence-corrected chi connectivity index (χ4v) is 1.68. The van der Waals surface area contributed by atoms with E-state index in [1.165, 1.54) is 0 Å². The van der Waals surface area contributed by atoms with Gasteiger partial charge in [0.2, 0.25) is 0 Å². The molecule has 86 valence electrons. The maximum atomic E-state index is 5.38. The first-order valence-corrected chi connectivity index (χ1v) is 5.52. The number of hydrogen-bond donors (Lipinski definition) is 1. The van der Waals surface area contributed by atoms with E-state index in [1.54, 1.807) is 7.11 Å². The van der Waals surface area contributed by atoms with E-state index in [0.29, 0.717) is 6.04 Å². The molecule has 16 heavy (non-hydrogen) atoms. The van der Waals surface area contributed by atoms with Crippen molar-refractivity contribution in [3.05, 3.63) is 35.9 Å². The van der Waals surface area contributed by atoms with E-state index in [-0.39, 0.29) is 0 Å². The Kier molecular flexibility index (Phi) is 3.97. The predicted molar refractivity (Wildman–Crippen MR) is 64.6 cm³/mol. The largest absolute Gasteiger partial charge is 0.497 e. The second-order valence-electron chi connectivity index (χ2n) is 3.77. The van der Waals surface area contributed by atoms with Gasteiger partial charge in [0.1, 0.15) is 5.75 Å². The summed E-state index contributed by atoms with van der Waals surface area (Å²) >= 11 is 0. The van der Waals surface area contributed by atoms with Crippen LogP contribution in [0.25, 0.3) is 6.08 Å². The van der Waals surface area contributed by atoms with Gasteiger partial charge in [0, 0.05) is 12.6 Å². The van der Waals surface area contributed by atoms with Crippen molar-refractivity contribution in [1.82, 2.24) is 5.32 Å². The van der Waals surface area contributed by atoms with Gasteiger partial charge in [0.15, 0.2) is 0 Å². The van der Waals surface area contributed by atoms with Crippen LogP contribution in [0.1, 0.15) is 5.56 Å². The van der Waals surface area contributed by atoms with Crippen LogP contribution in [0, 0.1) is 0 Å². The molecule has 0 aromatic heterocycles. The molecule has 1 heterocycles. The fraction of sp³-hybridized carbons (Fsp3) is 0.385. The molecule has 0 spiro atoms. The zero-order valence-electron chi connectivity index (χ0n) is 9.48. The molecule has 1 aromatic carbocycles. The van der Waals surface area contributed by atoms with E-state index < -0.39 is 0 Å². The summed E-state index contributed by atoms with van der Waals surface area (Å²) in [6.07, 6.45) is 4.22. The number of methoxy groups -OCH3 is 1. The first-order valence-electron chi connectivity index (χ1n) is 5.52. The highest BCUT2D eigenvalue weighted by atomic mass is 16.5.